The zero-order valence-electron chi connectivity index (χ0n) is 17.5. The van der Waals surface area contributed by atoms with Crippen LogP contribution in [0.4, 0.5) is 0 Å². The standard InChI is InChI=1S/C21H28N4O2S/c1-13(2)21(7,12-22)23-17(26)14(3)28-19-25-24-18(27-19)15-8-10-16(11-9-15)20(4,5)6/h8-11,13-14H,1-7H3,(H,23,26)/t14-,21-/m1/s1. The first kappa shape index (κ1) is 22.0. The first-order valence-corrected chi connectivity index (χ1v) is 10.2. The van der Waals surface area contributed by atoms with Gasteiger partial charge in [0.2, 0.25) is 11.8 Å². The monoisotopic (exact) mass is 400 g/mol. The molecular weight excluding hydrogens is 372 g/mol. The molecule has 1 aromatic carbocycles. The Kier molecular flexibility index (Phi) is 6.56. The molecule has 6 nitrogen and oxygen atoms in total. The zero-order chi connectivity index (χ0) is 21.1. The molecule has 1 aromatic heterocycles. The number of hydrogen-bond donors (Lipinski definition) is 1. The summed E-state index contributed by atoms with van der Waals surface area (Å²) in [4.78, 5) is 12.5. The minimum Gasteiger partial charge on any atom is -0.411 e. The highest BCUT2D eigenvalue weighted by Crippen LogP contribution is 2.29. The number of rotatable bonds is 6. The molecule has 1 N–H and O–H groups in total. The van der Waals surface area contributed by atoms with Gasteiger partial charge in [0.05, 0.1) is 11.3 Å². The number of benzene rings is 1. The van der Waals surface area contributed by atoms with Crippen LogP contribution in [0.3, 0.4) is 0 Å². The van der Waals surface area contributed by atoms with Gasteiger partial charge < -0.3 is 9.73 Å². The third-order valence-corrected chi connectivity index (χ3v) is 5.76. The van der Waals surface area contributed by atoms with E-state index in [1.165, 1.54) is 17.3 Å². The van der Waals surface area contributed by atoms with Crippen molar-refractivity contribution in [1.82, 2.24) is 15.5 Å². The van der Waals surface area contributed by atoms with E-state index in [9.17, 15) is 10.1 Å². The molecule has 0 fully saturated rings. The summed E-state index contributed by atoms with van der Waals surface area (Å²) >= 11 is 1.18. The largest absolute Gasteiger partial charge is 0.411 e. The van der Waals surface area contributed by atoms with E-state index in [-0.39, 0.29) is 17.2 Å². The van der Waals surface area contributed by atoms with Gasteiger partial charge in [0.1, 0.15) is 5.54 Å². The second kappa shape index (κ2) is 8.36. The van der Waals surface area contributed by atoms with E-state index in [4.69, 9.17) is 4.42 Å². The molecule has 0 aliphatic carbocycles. The predicted octanol–water partition coefficient (Wildman–Crippen LogP) is 4.57. The number of aromatic nitrogens is 2. The third kappa shape index (κ3) is 5.14. The van der Waals surface area contributed by atoms with Gasteiger partial charge >= 0.3 is 0 Å². The third-order valence-electron chi connectivity index (χ3n) is 4.82. The molecule has 2 rings (SSSR count). The first-order chi connectivity index (χ1) is 13.0. The van der Waals surface area contributed by atoms with Gasteiger partial charge in [-0.15, -0.1) is 10.2 Å². The summed E-state index contributed by atoms with van der Waals surface area (Å²) in [5.74, 6) is 0.168. The Morgan fingerprint density at radius 3 is 2.25 bits per heavy atom. The molecule has 150 valence electrons. The topological polar surface area (TPSA) is 91.8 Å². The molecule has 0 radical (unpaired) electrons. The molecule has 0 aliphatic rings. The molecule has 7 heteroatoms. The Bertz CT molecular complexity index is 862. The summed E-state index contributed by atoms with van der Waals surface area (Å²) in [6.45, 7) is 13.7. The Hall–Kier alpha value is -2.33. The van der Waals surface area contributed by atoms with E-state index in [2.05, 4.69) is 54.5 Å². The average Bonchev–Trinajstić information content (AvgIpc) is 3.09. The maximum atomic E-state index is 12.5. The minimum atomic E-state index is -0.916. The summed E-state index contributed by atoms with van der Waals surface area (Å²) in [5.41, 5.74) is 1.22. The van der Waals surface area contributed by atoms with Crippen LogP contribution in [0.1, 0.15) is 54.0 Å². The van der Waals surface area contributed by atoms with E-state index in [1.54, 1.807) is 13.8 Å². The maximum Gasteiger partial charge on any atom is 0.277 e. The van der Waals surface area contributed by atoms with Crippen LogP contribution in [0.5, 0.6) is 0 Å². The molecule has 0 saturated heterocycles. The number of carbonyl (C=O) groups excluding carboxylic acids is 1. The van der Waals surface area contributed by atoms with Crippen LogP contribution in [-0.2, 0) is 10.2 Å². The van der Waals surface area contributed by atoms with Gasteiger partial charge in [-0.25, -0.2) is 0 Å². The number of thioether (sulfide) groups is 1. The van der Waals surface area contributed by atoms with Crippen LogP contribution in [0, 0.1) is 17.2 Å². The fourth-order valence-corrected chi connectivity index (χ4v) is 3.03. The number of nitrogens with zero attached hydrogens (tertiary/aromatic N) is 3. The van der Waals surface area contributed by atoms with Crippen LogP contribution >= 0.6 is 11.8 Å². The molecule has 2 aromatic rings. The fraction of sp³-hybridized carbons (Fsp3) is 0.524. The molecule has 0 aliphatic heterocycles. The van der Waals surface area contributed by atoms with E-state index in [0.29, 0.717) is 11.1 Å². The van der Waals surface area contributed by atoms with E-state index in [1.807, 2.05) is 26.0 Å². The van der Waals surface area contributed by atoms with Gasteiger partial charge in [-0.2, -0.15) is 5.26 Å². The number of carbonyl (C=O) groups is 1. The summed E-state index contributed by atoms with van der Waals surface area (Å²) in [6, 6.07) is 10.2. The van der Waals surface area contributed by atoms with Crippen molar-refractivity contribution >= 4 is 17.7 Å². The highest BCUT2D eigenvalue weighted by Gasteiger charge is 2.32. The quantitative estimate of drug-likeness (QED) is 0.714. The minimum absolute atomic E-state index is 0.00951. The Balaban J connectivity index is 2.06. The molecule has 0 saturated carbocycles. The Morgan fingerprint density at radius 1 is 1.14 bits per heavy atom. The van der Waals surface area contributed by atoms with Crippen molar-refractivity contribution in [2.75, 3.05) is 0 Å². The van der Waals surface area contributed by atoms with Crippen molar-refractivity contribution in [2.45, 2.75) is 69.9 Å². The summed E-state index contributed by atoms with van der Waals surface area (Å²) in [5, 5.41) is 20.2. The lowest BCUT2D eigenvalue weighted by atomic mass is 9.87. The molecule has 2 atom stereocenters. The van der Waals surface area contributed by atoms with E-state index < -0.39 is 10.8 Å². The van der Waals surface area contributed by atoms with E-state index >= 15 is 0 Å². The number of hydrogen-bond acceptors (Lipinski definition) is 6. The molecule has 0 bridgehead atoms. The van der Waals surface area contributed by atoms with Crippen LogP contribution < -0.4 is 5.32 Å². The van der Waals surface area contributed by atoms with Crippen LogP contribution in [0.25, 0.3) is 11.5 Å². The van der Waals surface area contributed by atoms with Crippen molar-refractivity contribution < 1.29 is 9.21 Å². The Labute approximate surface area is 171 Å². The maximum absolute atomic E-state index is 12.5. The lowest BCUT2D eigenvalue weighted by Crippen LogP contribution is -2.51. The second-order valence-corrected chi connectivity index (χ2v) is 9.71. The summed E-state index contributed by atoms with van der Waals surface area (Å²) < 4.78 is 5.72. The molecule has 1 amide bonds. The van der Waals surface area contributed by atoms with Gasteiger partial charge in [0, 0.05) is 5.56 Å². The highest BCUT2D eigenvalue weighted by molar-refractivity contribution is 8.00. The fourth-order valence-electron chi connectivity index (χ4n) is 2.35. The summed E-state index contributed by atoms with van der Waals surface area (Å²) in [6.07, 6.45) is 0. The van der Waals surface area contributed by atoms with Gasteiger partial charge in [0.25, 0.3) is 5.22 Å². The van der Waals surface area contributed by atoms with Crippen LogP contribution in [-0.4, -0.2) is 26.9 Å². The van der Waals surface area contributed by atoms with Crippen molar-refractivity contribution in [3.05, 3.63) is 29.8 Å². The first-order valence-electron chi connectivity index (χ1n) is 9.30. The summed E-state index contributed by atoms with van der Waals surface area (Å²) in [7, 11) is 0. The second-order valence-electron chi connectivity index (χ2n) is 8.42. The SMILES string of the molecule is CC(C)[C@@](C)(C#N)NC(=O)[C@@H](C)Sc1nnc(-c2ccc(C(C)(C)C)cc2)o1. The molecule has 1 heterocycles. The van der Waals surface area contributed by atoms with Crippen LogP contribution in [0.15, 0.2) is 33.9 Å². The molecule has 0 unspecified atom stereocenters. The number of nitriles is 1. The van der Waals surface area contributed by atoms with Crippen molar-refractivity contribution in [1.29, 1.82) is 5.26 Å². The van der Waals surface area contributed by atoms with Gasteiger partial charge in [-0.05, 0) is 42.9 Å². The molecule has 28 heavy (non-hydrogen) atoms. The van der Waals surface area contributed by atoms with Crippen molar-refractivity contribution in [3.8, 4) is 17.5 Å². The zero-order valence-corrected chi connectivity index (χ0v) is 18.3. The molecule has 0 spiro atoms. The lowest BCUT2D eigenvalue weighted by molar-refractivity contribution is -0.121. The normalized spacial score (nSPS) is 15.0. The van der Waals surface area contributed by atoms with Gasteiger partial charge in [-0.1, -0.05) is 58.5 Å². The van der Waals surface area contributed by atoms with Crippen molar-refractivity contribution in [3.63, 3.8) is 0 Å². The van der Waals surface area contributed by atoms with Crippen LogP contribution in [0.2, 0.25) is 0 Å². The van der Waals surface area contributed by atoms with E-state index in [0.717, 1.165) is 5.56 Å². The number of nitrogens with one attached hydrogen (secondary N) is 1. The van der Waals surface area contributed by atoms with Gasteiger partial charge in [0.15, 0.2) is 0 Å². The number of amides is 1. The lowest BCUT2D eigenvalue weighted by Gasteiger charge is -2.28. The molecular formula is C21H28N4O2S. The highest BCUT2D eigenvalue weighted by atomic mass is 32.2. The van der Waals surface area contributed by atoms with Gasteiger partial charge in [-0.3, -0.25) is 4.79 Å². The van der Waals surface area contributed by atoms with Crippen molar-refractivity contribution in [2.24, 2.45) is 5.92 Å². The Morgan fingerprint density at radius 2 is 1.75 bits per heavy atom. The average molecular weight is 401 g/mol. The smallest absolute Gasteiger partial charge is 0.277 e. The predicted molar refractivity (Wildman–Crippen MR) is 111 cm³/mol.